The highest BCUT2D eigenvalue weighted by Gasteiger charge is 2.43. The standard InChI is InChI=1S/C22H18Cl2FNO5/c1-2-3-4-18(22(30)31-11-19(27)12-5-7-13(25)8-6-12)26-20(28)14-9-16(23)17(24)10-15(14)21(26)29/h5-10,18H,2-4,11H2,1H3/t18-/m1/s1. The van der Waals surface area contributed by atoms with Crippen LogP contribution in [-0.2, 0) is 9.53 Å². The van der Waals surface area contributed by atoms with E-state index in [2.05, 4.69) is 0 Å². The number of halogens is 3. The molecule has 0 spiro atoms. The summed E-state index contributed by atoms with van der Waals surface area (Å²) in [5, 5.41) is 0.224. The molecule has 0 bridgehead atoms. The van der Waals surface area contributed by atoms with Crippen LogP contribution in [0, 0.1) is 5.82 Å². The molecule has 3 rings (SSSR count). The van der Waals surface area contributed by atoms with E-state index in [0.29, 0.717) is 12.8 Å². The van der Waals surface area contributed by atoms with E-state index in [4.69, 9.17) is 27.9 Å². The molecule has 0 aromatic heterocycles. The zero-order chi connectivity index (χ0) is 22.7. The SMILES string of the molecule is CCCC[C@H](C(=O)OCC(=O)c1ccc(F)cc1)N1C(=O)c2cc(Cl)c(Cl)cc2C1=O. The molecule has 2 aromatic carbocycles. The van der Waals surface area contributed by atoms with Gasteiger partial charge in [-0.2, -0.15) is 0 Å². The fraction of sp³-hybridized carbons (Fsp3) is 0.273. The van der Waals surface area contributed by atoms with Crippen LogP contribution in [-0.4, -0.2) is 41.1 Å². The number of rotatable bonds is 8. The molecule has 1 atom stereocenters. The molecule has 0 saturated carbocycles. The van der Waals surface area contributed by atoms with Gasteiger partial charge in [-0.15, -0.1) is 0 Å². The van der Waals surface area contributed by atoms with E-state index in [1.807, 2.05) is 6.92 Å². The van der Waals surface area contributed by atoms with Crippen LogP contribution in [0.25, 0.3) is 0 Å². The van der Waals surface area contributed by atoms with Crippen molar-refractivity contribution in [2.75, 3.05) is 6.61 Å². The second-order valence-corrected chi connectivity index (χ2v) is 7.80. The van der Waals surface area contributed by atoms with Crippen molar-refractivity contribution in [2.45, 2.75) is 32.2 Å². The number of benzene rings is 2. The van der Waals surface area contributed by atoms with Crippen LogP contribution in [0.4, 0.5) is 4.39 Å². The van der Waals surface area contributed by atoms with Crippen molar-refractivity contribution in [2.24, 2.45) is 0 Å². The second-order valence-electron chi connectivity index (χ2n) is 6.99. The molecule has 31 heavy (non-hydrogen) atoms. The van der Waals surface area contributed by atoms with E-state index >= 15 is 0 Å². The van der Waals surface area contributed by atoms with E-state index in [1.165, 1.54) is 24.3 Å². The van der Waals surface area contributed by atoms with Gasteiger partial charge in [0.2, 0.25) is 0 Å². The number of unbranched alkanes of at least 4 members (excludes halogenated alkanes) is 1. The van der Waals surface area contributed by atoms with Crippen LogP contribution in [0.5, 0.6) is 0 Å². The van der Waals surface area contributed by atoms with Crippen LogP contribution in [0.3, 0.4) is 0 Å². The molecule has 6 nitrogen and oxygen atoms in total. The van der Waals surface area contributed by atoms with E-state index in [0.717, 1.165) is 17.0 Å². The predicted octanol–water partition coefficient (Wildman–Crippen LogP) is 4.71. The minimum atomic E-state index is -1.20. The molecule has 0 radical (unpaired) electrons. The normalized spacial score (nSPS) is 13.9. The molecule has 1 heterocycles. The number of fused-ring (bicyclic) bond motifs is 1. The third-order valence-corrected chi connectivity index (χ3v) is 5.61. The number of nitrogens with zero attached hydrogens (tertiary/aromatic N) is 1. The molecule has 0 aliphatic carbocycles. The summed E-state index contributed by atoms with van der Waals surface area (Å²) in [5.74, 6) is -3.28. The van der Waals surface area contributed by atoms with Crippen molar-refractivity contribution in [1.29, 1.82) is 0 Å². The number of hydrogen-bond donors (Lipinski definition) is 0. The summed E-state index contributed by atoms with van der Waals surface area (Å²) in [7, 11) is 0. The summed E-state index contributed by atoms with van der Waals surface area (Å²) >= 11 is 11.9. The number of hydrogen-bond acceptors (Lipinski definition) is 5. The zero-order valence-corrected chi connectivity index (χ0v) is 18.0. The molecule has 1 aliphatic rings. The fourth-order valence-electron chi connectivity index (χ4n) is 3.24. The molecule has 2 amide bonds. The minimum absolute atomic E-state index is 0.0519. The Morgan fingerprint density at radius 1 is 1.03 bits per heavy atom. The lowest BCUT2D eigenvalue weighted by Crippen LogP contribution is -2.46. The Balaban J connectivity index is 1.79. The summed E-state index contributed by atoms with van der Waals surface area (Å²) in [4.78, 5) is 51.6. The Bertz CT molecular complexity index is 1010. The third-order valence-electron chi connectivity index (χ3n) is 4.89. The van der Waals surface area contributed by atoms with Crippen molar-refractivity contribution in [3.8, 4) is 0 Å². The Labute approximate surface area is 187 Å². The topological polar surface area (TPSA) is 80.8 Å². The van der Waals surface area contributed by atoms with Gasteiger partial charge in [0.15, 0.2) is 12.4 Å². The Kier molecular flexibility index (Phi) is 7.08. The average molecular weight is 466 g/mol. The fourth-order valence-corrected chi connectivity index (χ4v) is 3.56. The summed E-state index contributed by atoms with van der Waals surface area (Å²) in [6.45, 7) is 1.29. The van der Waals surface area contributed by atoms with Crippen molar-refractivity contribution in [3.63, 3.8) is 0 Å². The van der Waals surface area contributed by atoms with Gasteiger partial charge in [-0.25, -0.2) is 9.18 Å². The van der Waals surface area contributed by atoms with E-state index < -0.39 is 42.0 Å². The van der Waals surface area contributed by atoms with Gasteiger partial charge in [-0.05, 0) is 42.8 Å². The molecular formula is C22H18Cl2FNO5. The number of carbonyl (C=O) groups is 4. The smallest absolute Gasteiger partial charge is 0.329 e. The maximum absolute atomic E-state index is 13.0. The predicted molar refractivity (Wildman–Crippen MR) is 112 cm³/mol. The number of ketones is 1. The van der Waals surface area contributed by atoms with Gasteiger partial charge in [0, 0.05) is 5.56 Å². The number of carbonyl (C=O) groups excluding carboxylic acids is 4. The third kappa shape index (κ3) is 4.78. The minimum Gasteiger partial charge on any atom is -0.456 e. The maximum Gasteiger partial charge on any atom is 0.329 e. The van der Waals surface area contributed by atoms with Gasteiger partial charge in [0.05, 0.1) is 21.2 Å². The van der Waals surface area contributed by atoms with Crippen LogP contribution in [0.2, 0.25) is 10.0 Å². The first-order valence-electron chi connectivity index (χ1n) is 9.57. The summed E-state index contributed by atoms with van der Waals surface area (Å²) in [5.41, 5.74) is 0.275. The van der Waals surface area contributed by atoms with E-state index in [1.54, 1.807) is 0 Å². The number of ether oxygens (including phenoxy) is 1. The van der Waals surface area contributed by atoms with Gasteiger partial charge < -0.3 is 4.74 Å². The maximum atomic E-state index is 13.0. The van der Waals surface area contributed by atoms with Crippen LogP contribution in [0.15, 0.2) is 36.4 Å². The zero-order valence-electron chi connectivity index (χ0n) is 16.5. The molecule has 0 saturated heterocycles. The van der Waals surface area contributed by atoms with Gasteiger partial charge in [-0.1, -0.05) is 43.0 Å². The van der Waals surface area contributed by atoms with Gasteiger partial charge in [0.1, 0.15) is 11.9 Å². The summed E-state index contributed by atoms with van der Waals surface area (Å²) in [6, 6.07) is 6.17. The molecule has 0 fully saturated rings. The summed E-state index contributed by atoms with van der Waals surface area (Å²) < 4.78 is 18.1. The highest BCUT2D eigenvalue weighted by molar-refractivity contribution is 6.43. The van der Waals surface area contributed by atoms with Crippen molar-refractivity contribution in [1.82, 2.24) is 4.90 Å². The van der Waals surface area contributed by atoms with Gasteiger partial charge in [-0.3, -0.25) is 19.3 Å². The van der Waals surface area contributed by atoms with Gasteiger partial charge >= 0.3 is 5.97 Å². The van der Waals surface area contributed by atoms with Crippen LogP contribution in [0.1, 0.15) is 57.3 Å². The van der Waals surface area contributed by atoms with Crippen LogP contribution >= 0.6 is 23.2 Å². The largest absolute Gasteiger partial charge is 0.456 e. The Morgan fingerprint density at radius 2 is 1.58 bits per heavy atom. The van der Waals surface area contributed by atoms with Crippen molar-refractivity contribution in [3.05, 3.63) is 69.0 Å². The number of esters is 1. The monoisotopic (exact) mass is 465 g/mol. The first-order chi connectivity index (χ1) is 14.7. The van der Waals surface area contributed by atoms with Crippen molar-refractivity contribution < 1.29 is 28.3 Å². The Hall–Kier alpha value is -2.77. The van der Waals surface area contributed by atoms with Crippen molar-refractivity contribution >= 4 is 46.8 Å². The first-order valence-corrected chi connectivity index (χ1v) is 10.3. The second kappa shape index (κ2) is 9.58. The van der Waals surface area contributed by atoms with Crippen LogP contribution < -0.4 is 0 Å². The molecule has 9 heteroatoms. The molecule has 2 aromatic rings. The Morgan fingerprint density at radius 3 is 2.10 bits per heavy atom. The average Bonchev–Trinajstić information content (AvgIpc) is 2.97. The molecule has 1 aliphatic heterocycles. The molecule has 162 valence electrons. The molecule has 0 N–H and O–H groups in total. The quantitative estimate of drug-likeness (QED) is 0.320. The van der Waals surface area contributed by atoms with Gasteiger partial charge in [0.25, 0.3) is 11.8 Å². The number of imide groups is 1. The van der Waals surface area contributed by atoms with E-state index in [9.17, 15) is 23.6 Å². The highest BCUT2D eigenvalue weighted by Crippen LogP contribution is 2.33. The number of Topliss-reactive ketones (excluding diaryl/α,β-unsaturated/α-hetero) is 1. The molecule has 0 unspecified atom stereocenters. The molecular weight excluding hydrogens is 448 g/mol. The number of amides is 2. The lowest BCUT2D eigenvalue weighted by atomic mass is 10.1. The summed E-state index contributed by atoms with van der Waals surface area (Å²) in [6.07, 6.45) is 1.42. The highest BCUT2D eigenvalue weighted by atomic mass is 35.5. The lowest BCUT2D eigenvalue weighted by Gasteiger charge is -2.24. The first kappa shape index (κ1) is 22.9. The van der Waals surface area contributed by atoms with E-state index in [-0.39, 0.29) is 33.2 Å². The lowest BCUT2D eigenvalue weighted by molar-refractivity contribution is -0.147.